The number of aliphatic hydroxyl groups excluding tert-OH is 1. The van der Waals surface area contributed by atoms with Gasteiger partial charge in [0, 0.05) is 0 Å². The molecular formula is C14H20O2. The molecule has 1 aromatic carbocycles. The van der Waals surface area contributed by atoms with Gasteiger partial charge in [0.1, 0.15) is 5.75 Å². The lowest BCUT2D eigenvalue weighted by atomic mass is 10.0. The Morgan fingerprint density at radius 2 is 2.25 bits per heavy atom. The van der Waals surface area contributed by atoms with Gasteiger partial charge in [-0.2, -0.15) is 0 Å². The van der Waals surface area contributed by atoms with Crippen molar-refractivity contribution in [3.8, 4) is 5.75 Å². The maximum atomic E-state index is 9.79. The number of benzene rings is 1. The van der Waals surface area contributed by atoms with E-state index < -0.39 is 0 Å². The maximum Gasteiger partial charge on any atom is 0.119 e. The van der Waals surface area contributed by atoms with E-state index in [1.807, 2.05) is 19.1 Å². The van der Waals surface area contributed by atoms with Crippen LogP contribution in [0.3, 0.4) is 0 Å². The summed E-state index contributed by atoms with van der Waals surface area (Å²) in [6.45, 7) is 2.69. The Kier molecular flexibility index (Phi) is 3.83. The number of aliphatic hydroxyl groups is 1. The topological polar surface area (TPSA) is 29.5 Å². The van der Waals surface area contributed by atoms with Crippen LogP contribution in [0.15, 0.2) is 24.3 Å². The van der Waals surface area contributed by atoms with Crippen molar-refractivity contribution in [3.05, 3.63) is 29.8 Å². The van der Waals surface area contributed by atoms with E-state index in [1.165, 1.54) is 18.4 Å². The van der Waals surface area contributed by atoms with E-state index in [4.69, 9.17) is 4.74 Å². The molecule has 0 bridgehead atoms. The minimum Gasteiger partial charge on any atom is -0.494 e. The molecule has 0 radical (unpaired) electrons. The largest absolute Gasteiger partial charge is 0.494 e. The second kappa shape index (κ2) is 5.35. The molecule has 2 heteroatoms. The third kappa shape index (κ3) is 3.24. The van der Waals surface area contributed by atoms with Gasteiger partial charge in [0.05, 0.1) is 12.7 Å². The third-order valence-corrected chi connectivity index (χ3v) is 3.10. The SMILES string of the molecule is CCOc1cccc(CCC(O)C2CC2)c1. The van der Waals surface area contributed by atoms with Crippen molar-refractivity contribution >= 4 is 0 Å². The van der Waals surface area contributed by atoms with Gasteiger partial charge < -0.3 is 9.84 Å². The summed E-state index contributed by atoms with van der Waals surface area (Å²) in [4.78, 5) is 0. The van der Waals surface area contributed by atoms with E-state index in [2.05, 4.69) is 12.1 Å². The molecule has 1 aliphatic carbocycles. The van der Waals surface area contributed by atoms with Gasteiger partial charge in [0.2, 0.25) is 0 Å². The first-order chi connectivity index (χ1) is 7.79. The van der Waals surface area contributed by atoms with Crippen molar-refractivity contribution in [1.29, 1.82) is 0 Å². The summed E-state index contributed by atoms with van der Waals surface area (Å²) in [6.07, 6.45) is 4.13. The molecule has 1 aliphatic rings. The van der Waals surface area contributed by atoms with Crippen LogP contribution in [0, 0.1) is 5.92 Å². The second-order valence-corrected chi connectivity index (χ2v) is 4.52. The van der Waals surface area contributed by atoms with Crippen LogP contribution < -0.4 is 4.74 Å². The Labute approximate surface area is 97.3 Å². The monoisotopic (exact) mass is 220 g/mol. The molecule has 0 saturated heterocycles. The van der Waals surface area contributed by atoms with Crippen LogP contribution in [0.25, 0.3) is 0 Å². The highest BCUT2D eigenvalue weighted by atomic mass is 16.5. The zero-order valence-corrected chi connectivity index (χ0v) is 9.86. The Bertz CT molecular complexity index is 331. The summed E-state index contributed by atoms with van der Waals surface area (Å²) >= 11 is 0. The minimum atomic E-state index is -0.101. The van der Waals surface area contributed by atoms with Gasteiger partial charge in [-0.1, -0.05) is 12.1 Å². The van der Waals surface area contributed by atoms with Crippen molar-refractivity contribution in [2.24, 2.45) is 5.92 Å². The predicted octanol–water partition coefficient (Wildman–Crippen LogP) is 2.79. The minimum absolute atomic E-state index is 0.101. The van der Waals surface area contributed by atoms with E-state index in [9.17, 15) is 5.11 Å². The van der Waals surface area contributed by atoms with Crippen LogP contribution >= 0.6 is 0 Å². The molecule has 1 N–H and O–H groups in total. The Morgan fingerprint density at radius 3 is 2.94 bits per heavy atom. The molecule has 0 aliphatic heterocycles. The molecular weight excluding hydrogens is 200 g/mol. The zero-order chi connectivity index (χ0) is 11.4. The second-order valence-electron chi connectivity index (χ2n) is 4.52. The van der Waals surface area contributed by atoms with Crippen LogP contribution in [0.5, 0.6) is 5.75 Å². The van der Waals surface area contributed by atoms with Gasteiger partial charge in [-0.25, -0.2) is 0 Å². The fraction of sp³-hybridized carbons (Fsp3) is 0.571. The molecule has 0 spiro atoms. The summed E-state index contributed by atoms with van der Waals surface area (Å²) in [5, 5.41) is 9.79. The number of ether oxygens (including phenoxy) is 1. The smallest absolute Gasteiger partial charge is 0.119 e. The van der Waals surface area contributed by atoms with E-state index in [1.54, 1.807) is 0 Å². The molecule has 1 unspecified atom stereocenters. The molecule has 2 nitrogen and oxygen atoms in total. The standard InChI is InChI=1S/C14H20O2/c1-2-16-13-5-3-4-11(10-13)6-9-14(15)12-7-8-12/h3-5,10,12,14-15H,2,6-9H2,1H3. The molecule has 0 aromatic heterocycles. The summed E-state index contributed by atoms with van der Waals surface area (Å²) in [7, 11) is 0. The van der Waals surface area contributed by atoms with Crippen LogP contribution in [0.2, 0.25) is 0 Å². The Morgan fingerprint density at radius 1 is 1.44 bits per heavy atom. The van der Waals surface area contributed by atoms with Gasteiger partial charge in [0.25, 0.3) is 0 Å². The highest BCUT2D eigenvalue weighted by molar-refractivity contribution is 5.28. The Hall–Kier alpha value is -1.02. The lowest BCUT2D eigenvalue weighted by Gasteiger charge is -2.10. The molecule has 88 valence electrons. The number of aryl methyl sites for hydroxylation is 1. The summed E-state index contributed by atoms with van der Waals surface area (Å²) < 4.78 is 5.45. The van der Waals surface area contributed by atoms with Crippen molar-refractivity contribution in [2.45, 2.75) is 38.7 Å². The molecule has 2 rings (SSSR count). The van der Waals surface area contributed by atoms with E-state index in [0.29, 0.717) is 12.5 Å². The molecule has 0 heterocycles. The van der Waals surface area contributed by atoms with Crippen molar-refractivity contribution in [1.82, 2.24) is 0 Å². The van der Waals surface area contributed by atoms with E-state index in [-0.39, 0.29) is 6.10 Å². The van der Waals surface area contributed by atoms with Crippen LogP contribution in [-0.2, 0) is 6.42 Å². The lowest BCUT2D eigenvalue weighted by molar-refractivity contribution is 0.142. The van der Waals surface area contributed by atoms with Gasteiger partial charge in [-0.15, -0.1) is 0 Å². The Balaban J connectivity index is 1.85. The first-order valence-electron chi connectivity index (χ1n) is 6.19. The number of hydrogen-bond donors (Lipinski definition) is 1. The van der Waals surface area contributed by atoms with Crippen LogP contribution in [0.4, 0.5) is 0 Å². The van der Waals surface area contributed by atoms with Gasteiger partial charge in [0.15, 0.2) is 0 Å². The molecule has 1 fully saturated rings. The summed E-state index contributed by atoms with van der Waals surface area (Å²) in [5.74, 6) is 1.51. The molecule has 1 atom stereocenters. The van der Waals surface area contributed by atoms with Gasteiger partial charge in [-0.3, -0.25) is 0 Å². The quantitative estimate of drug-likeness (QED) is 0.798. The highest BCUT2D eigenvalue weighted by Gasteiger charge is 2.29. The fourth-order valence-corrected chi connectivity index (χ4v) is 1.99. The first kappa shape index (κ1) is 11.5. The fourth-order valence-electron chi connectivity index (χ4n) is 1.99. The molecule has 16 heavy (non-hydrogen) atoms. The number of hydrogen-bond acceptors (Lipinski definition) is 2. The average molecular weight is 220 g/mol. The molecule has 1 aromatic rings. The van der Waals surface area contributed by atoms with Crippen molar-refractivity contribution in [2.75, 3.05) is 6.61 Å². The summed E-state index contributed by atoms with van der Waals surface area (Å²) in [5.41, 5.74) is 1.26. The van der Waals surface area contributed by atoms with E-state index in [0.717, 1.165) is 18.6 Å². The van der Waals surface area contributed by atoms with Crippen LogP contribution in [-0.4, -0.2) is 17.8 Å². The zero-order valence-electron chi connectivity index (χ0n) is 9.86. The summed E-state index contributed by atoms with van der Waals surface area (Å²) in [6, 6.07) is 8.17. The van der Waals surface area contributed by atoms with E-state index >= 15 is 0 Å². The first-order valence-corrected chi connectivity index (χ1v) is 6.19. The van der Waals surface area contributed by atoms with Crippen LogP contribution in [0.1, 0.15) is 31.7 Å². The number of rotatable bonds is 6. The average Bonchev–Trinajstić information content (AvgIpc) is 3.11. The third-order valence-electron chi connectivity index (χ3n) is 3.10. The maximum absolute atomic E-state index is 9.79. The lowest BCUT2D eigenvalue weighted by Crippen LogP contribution is -2.10. The highest BCUT2D eigenvalue weighted by Crippen LogP contribution is 2.34. The molecule has 0 amide bonds. The van der Waals surface area contributed by atoms with Gasteiger partial charge in [-0.05, 0) is 56.2 Å². The normalized spacial score (nSPS) is 17.1. The van der Waals surface area contributed by atoms with Crippen molar-refractivity contribution in [3.63, 3.8) is 0 Å². The predicted molar refractivity (Wildman–Crippen MR) is 64.7 cm³/mol. The van der Waals surface area contributed by atoms with Gasteiger partial charge >= 0.3 is 0 Å². The molecule has 1 saturated carbocycles. The van der Waals surface area contributed by atoms with Crippen molar-refractivity contribution < 1.29 is 9.84 Å².